The van der Waals surface area contributed by atoms with Crippen LogP contribution in [0.5, 0.6) is 0 Å². The molecule has 0 aromatic carbocycles. The Morgan fingerprint density at radius 3 is 2.38 bits per heavy atom. The van der Waals surface area contributed by atoms with E-state index in [1.165, 1.54) is 12.8 Å². The van der Waals surface area contributed by atoms with Crippen molar-refractivity contribution >= 4 is 0 Å². The molecule has 1 atom stereocenters. The minimum absolute atomic E-state index is 0.0352. The van der Waals surface area contributed by atoms with Crippen molar-refractivity contribution < 1.29 is 4.52 Å². The molecule has 1 aromatic rings. The van der Waals surface area contributed by atoms with E-state index in [4.69, 9.17) is 4.52 Å². The van der Waals surface area contributed by atoms with Gasteiger partial charge in [-0.25, -0.2) is 0 Å². The molecule has 0 saturated carbocycles. The lowest BCUT2D eigenvalue weighted by Crippen LogP contribution is -2.23. The fraction of sp³-hybridized carbons (Fsp3) is 0.833. The summed E-state index contributed by atoms with van der Waals surface area (Å²) in [6, 6.07) is 0.256. The fourth-order valence-corrected chi connectivity index (χ4v) is 1.99. The molecule has 4 heteroatoms. The zero-order chi connectivity index (χ0) is 11.8. The van der Waals surface area contributed by atoms with Crippen molar-refractivity contribution in [3.8, 4) is 0 Å². The summed E-state index contributed by atoms with van der Waals surface area (Å²) < 4.78 is 5.36. The summed E-state index contributed by atoms with van der Waals surface area (Å²) in [4.78, 5) is 6.91. The van der Waals surface area contributed by atoms with Crippen LogP contribution in [0.3, 0.4) is 0 Å². The predicted molar refractivity (Wildman–Crippen MR) is 62.2 cm³/mol. The first-order valence-corrected chi connectivity index (χ1v) is 6.06. The lowest BCUT2D eigenvalue weighted by molar-refractivity contribution is 0.209. The largest absolute Gasteiger partial charge is 0.338 e. The summed E-state index contributed by atoms with van der Waals surface area (Å²) in [6.45, 7) is 10.7. The number of hydrogen-bond acceptors (Lipinski definition) is 4. The Bertz CT molecular complexity index is 347. The standard InChI is InChI=1S/C12H21N3O/c1-9(15-7-5-6-8-15)10-13-11(14-16-10)12(2,3)4/h9H,5-8H2,1-4H3/t9-/m0/s1. The van der Waals surface area contributed by atoms with Gasteiger partial charge in [0.15, 0.2) is 5.82 Å². The van der Waals surface area contributed by atoms with Gasteiger partial charge < -0.3 is 4.52 Å². The summed E-state index contributed by atoms with van der Waals surface area (Å²) >= 11 is 0. The molecule has 0 radical (unpaired) electrons. The summed E-state index contributed by atoms with van der Waals surface area (Å²) in [5.41, 5.74) is -0.0352. The molecule has 16 heavy (non-hydrogen) atoms. The third-order valence-electron chi connectivity index (χ3n) is 3.16. The molecule has 1 saturated heterocycles. The predicted octanol–water partition coefficient (Wildman–Crippen LogP) is 2.52. The van der Waals surface area contributed by atoms with Crippen molar-refractivity contribution in [1.29, 1.82) is 0 Å². The molecule has 0 bridgehead atoms. The van der Waals surface area contributed by atoms with Gasteiger partial charge in [-0.3, -0.25) is 4.90 Å². The molecule has 1 aromatic heterocycles. The van der Waals surface area contributed by atoms with Crippen molar-refractivity contribution in [1.82, 2.24) is 15.0 Å². The molecule has 0 amide bonds. The average Bonchev–Trinajstić information content (AvgIpc) is 2.87. The number of rotatable bonds is 2. The molecule has 90 valence electrons. The van der Waals surface area contributed by atoms with E-state index >= 15 is 0 Å². The maximum atomic E-state index is 5.36. The zero-order valence-corrected chi connectivity index (χ0v) is 10.7. The second-order valence-electron chi connectivity index (χ2n) is 5.63. The van der Waals surface area contributed by atoms with Gasteiger partial charge in [0.05, 0.1) is 6.04 Å². The van der Waals surface area contributed by atoms with Crippen molar-refractivity contribution in [3.63, 3.8) is 0 Å². The normalized spacial score (nSPS) is 20.2. The zero-order valence-electron chi connectivity index (χ0n) is 10.7. The molecular formula is C12H21N3O. The molecule has 4 nitrogen and oxygen atoms in total. The number of likely N-dealkylation sites (tertiary alicyclic amines) is 1. The lowest BCUT2D eigenvalue weighted by atomic mass is 9.96. The van der Waals surface area contributed by atoms with Gasteiger partial charge in [0.25, 0.3) is 0 Å². The van der Waals surface area contributed by atoms with Gasteiger partial charge in [-0.1, -0.05) is 25.9 Å². The second-order valence-corrected chi connectivity index (χ2v) is 5.63. The monoisotopic (exact) mass is 223 g/mol. The molecule has 1 fully saturated rings. The minimum atomic E-state index is -0.0352. The van der Waals surface area contributed by atoms with Crippen LogP contribution in [0.25, 0.3) is 0 Å². The first-order valence-electron chi connectivity index (χ1n) is 6.06. The van der Waals surface area contributed by atoms with Crippen LogP contribution in [-0.2, 0) is 5.41 Å². The highest BCUT2D eigenvalue weighted by Crippen LogP contribution is 2.25. The average molecular weight is 223 g/mol. The topological polar surface area (TPSA) is 42.2 Å². The number of aromatic nitrogens is 2. The Balaban J connectivity index is 2.12. The summed E-state index contributed by atoms with van der Waals surface area (Å²) in [6.07, 6.45) is 2.56. The SMILES string of the molecule is C[C@@H](c1nc(C(C)(C)C)no1)N1CCCC1. The maximum Gasteiger partial charge on any atom is 0.243 e. The smallest absolute Gasteiger partial charge is 0.243 e. The minimum Gasteiger partial charge on any atom is -0.338 e. The molecule has 2 heterocycles. The van der Waals surface area contributed by atoms with Gasteiger partial charge in [-0.2, -0.15) is 4.98 Å². The summed E-state index contributed by atoms with van der Waals surface area (Å²) in [7, 11) is 0. The van der Waals surface area contributed by atoms with Crippen molar-refractivity contribution in [2.24, 2.45) is 0 Å². The third kappa shape index (κ3) is 2.26. The van der Waals surface area contributed by atoms with Crippen LogP contribution in [-0.4, -0.2) is 28.1 Å². The molecule has 1 aliphatic rings. The van der Waals surface area contributed by atoms with E-state index < -0.39 is 0 Å². The van der Waals surface area contributed by atoms with E-state index in [9.17, 15) is 0 Å². The van der Waals surface area contributed by atoms with Crippen molar-refractivity contribution in [2.75, 3.05) is 13.1 Å². The van der Waals surface area contributed by atoms with Crippen molar-refractivity contribution in [2.45, 2.75) is 52.0 Å². The Labute approximate surface area is 97.0 Å². The first kappa shape index (κ1) is 11.6. The third-order valence-corrected chi connectivity index (χ3v) is 3.16. The Hall–Kier alpha value is -0.900. The van der Waals surface area contributed by atoms with E-state index in [-0.39, 0.29) is 11.5 Å². The van der Waals surface area contributed by atoms with E-state index in [0.717, 1.165) is 24.8 Å². The molecule has 2 rings (SSSR count). The van der Waals surface area contributed by atoms with Gasteiger partial charge in [0.2, 0.25) is 5.89 Å². The molecule has 0 aliphatic carbocycles. The van der Waals surface area contributed by atoms with Crippen LogP contribution >= 0.6 is 0 Å². The van der Waals surface area contributed by atoms with Crippen LogP contribution < -0.4 is 0 Å². The van der Waals surface area contributed by atoms with E-state index in [1.54, 1.807) is 0 Å². The maximum absolute atomic E-state index is 5.36. The summed E-state index contributed by atoms with van der Waals surface area (Å²) in [5, 5.41) is 4.07. The molecule has 0 N–H and O–H groups in total. The van der Waals surface area contributed by atoms with Crippen LogP contribution in [0.4, 0.5) is 0 Å². The van der Waals surface area contributed by atoms with Crippen LogP contribution in [0, 0.1) is 0 Å². The fourth-order valence-electron chi connectivity index (χ4n) is 1.99. The van der Waals surface area contributed by atoms with Gasteiger partial charge in [-0.15, -0.1) is 0 Å². The molecule has 0 spiro atoms. The molecule has 0 unspecified atom stereocenters. The highest BCUT2D eigenvalue weighted by atomic mass is 16.5. The second kappa shape index (κ2) is 4.17. The van der Waals surface area contributed by atoms with Crippen LogP contribution in [0.2, 0.25) is 0 Å². The lowest BCUT2D eigenvalue weighted by Gasteiger charge is -2.19. The highest BCUT2D eigenvalue weighted by molar-refractivity contribution is 5.02. The quantitative estimate of drug-likeness (QED) is 0.772. The van der Waals surface area contributed by atoms with Gasteiger partial charge in [-0.05, 0) is 32.9 Å². The van der Waals surface area contributed by atoms with Gasteiger partial charge >= 0.3 is 0 Å². The summed E-state index contributed by atoms with van der Waals surface area (Å²) in [5.74, 6) is 1.56. The number of nitrogens with zero attached hydrogens (tertiary/aromatic N) is 3. The van der Waals surface area contributed by atoms with Crippen LogP contribution in [0.1, 0.15) is 58.3 Å². The highest BCUT2D eigenvalue weighted by Gasteiger charge is 2.27. The number of hydrogen-bond donors (Lipinski definition) is 0. The Morgan fingerprint density at radius 2 is 1.88 bits per heavy atom. The van der Waals surface area contributed by atoms with Gasteiger partial charge in [0.1, 0.15) is 0 Å². The van der Waals surface area contributed by atoms with E-state index in [1.807, 2.05) is 0 Å². The molecular weight excluding hydrogens is 202 g/mol. The Kier molecular flexibility index (Phi) is 3.02. The Morgan fingerprint density at radius 1 is 1.25 bits per heavy atom. The molecule has 1 aliphatic heterocycles. The van der Waals surface area contributed by atoms with E-state index in [0.29, 0.717) is 0 Å². The van der Waals surface area contributed by atoms with E-state index in [2.05, 4.69) is 42.7 Å². The van der Waals surface area contributed by atoms with Crippen molar-refractivity contribution in [3.05, 3.63) is 11.7 Å². The van der Waals surface area contributed by atoms with Gasteiger partial charge in [0, 0.05) is 5.41 Å². The first-order chi connectivity index (χ1) is 7.48. The van der Waals surface area contributed by atoms with Crippen LogP contribution in [0.15, 0.2) is 4.52 Å².